The summed E-state index contributed by atoms with van der Waals surface area (Å²) in [6.45, 7) is 3.65. The average molecular weight is 273 g/mol. The molecule has 0 saturated carbocycles. The maximum Gasteiger partial charge on any atom is 0.454 e. The fourth-order valence-electron chi connectivity index (χ4n) is 1.25. The highest BCUT2D eigenvalue weighted by Crippen LogP contribution is 2.19. The zero-order valence-corrected chi connectivity index (χ0v) is 10.5. The van der Waals surface area contributed by atoms with Crippen molar-refractivity contribution >= 4 is 11.5 Å². The summed E-state index contributed by atoms with van der Waals surface area (Å²) in [7, 11) is 0. The first kappa shape index (κ1) is 15.1. The maximum absolute atomic E-state index is 12.2. The summed E-state index contributed by atoms with van der Waals surface area (Å²) >= 11 is 0. The van der Waals surface area contributed by atoms with Crippen LogP contribution in [0.15, 0.2) is 36.2 Å². The standard InChI is InChI=1S/C13H14F3NO2/c1-3-19-12(8-11(18)13(14,15)16)17-10-6-4-9(2)5-7-10/h4-8,17H,3H2,1-2H3/b12-8+. The number of anilines is 1. The van der Waals surface area contributed by atoms with Gasteiger partial charge >= 0.3 is 6.18 Å². The van der Waals surface area contributed by atoms with Crippen molar-refractivity contribution in [3.05, 3.63) is 41.8 Å². The minimum absolute atomic E-state index is 0.149. The Morgan fingerprint density at radius 3 is 2.37 bits per heavy atom. The third-order valence-electron chi connectivity index (χ3n) is 2.16. The molecule has 0 heterocycles. The van der Waals surface area contributed by atoms with Gasteiger partial charge in [-0.05, 0) is 26.0 Å². The van der Waals surface area contributed by atoms with E-state index in [1.54, 1.807) is 31.2 Å². The zero-order chi connectivity index (χ0) is 14.5. The summed E-state index contributed by atoms with van der Waals surface area (Å²) in [5, 5.41) is 2.63. The Morgan fingerprint density at radius 1 is 1.32 bits per heavy atom. The molecule has 6 heteroatoms. The Balaban J connectivity index is 2.86. The van der Waals surface area contributed by atoms with Crippen LogP contribution >= 0.6 is 0 Å². The van der Waals surface area contributed by atoms with Gasteiger partial charge in [-0.25, -0.2) is 0 Å². The lowest BCUT2D eigenvalue weighted by molar-refractivity contribution is -0.165. The van der Waals surface area contributed by atoms with Crippen LogP contribution in [-0.2, 0) is 9.53 Å². The van der Waals surface area contributed by atoms with E-state index in [9.17, 15) is 18.0 Å². The van der Waals surface area contributed by atoms with E-state index in [0.717, 1.165) is 5.56 Å². The lowest BCUT2D eigenvalue weighted by Crippen LogP contribution is -2.22. The number of rotatable bonds is 5. The van der Waals surface area contributed by atoms with E-state index in [0.29, 0.717) is 11.8 Å². The highest BCUT2D eigenvalue weighted by Gasteiger charge is 2.37. The molecule has 0 amide bonds. The lowest BCUT2D eigenvalue weighted by Gasteiger charge is -2.12. The number of alkyl halides is 3. The summed E-state index contributed by atoms with van der Waals surface area (Å²) in [5.41, 5.74) is 1.55. The maximum atomic E-state index is 12.2. The summed E-state index contributed by atoms with van der Waals surface area (Å²) in [6.07, 6.45) is -4.50. The number of hydrogen-bond acceptors (Lipinski definition) is 3. The minimum Gasteiger partial charge on any atom is -0.479 e. The summed E-state index contributed by atoms with van der Waals surface area (Å²) < 4.78 is 41.5. The van der Waals surface area contributed by atoms with Crippen LogP contribution < -0.4 is 5.32 Å². The number of halogens is 3. The van der Waals surface area contributed by atoms with Crippen molar-refractivity contribution in [1.29, 1.82) is 0 Å². The molecule has 3 nitrogen and oxygen atoms in total. The monoisotopic (exact) mass is 273 g/mol. The van der Waals surface area contributed by atoms with Gasteiger partial charge in [-0.3, -0.25) is 4.79 Å². The van der Waals surface area contributed by atoms with Crippen molar-refractivity contribution in [3.8, 4) is 0 Å². The second kappa shape index (κ2) is 6.26. The lowest BCUT2D eigenvalue weighted by atomic mass is 10.2. The van der Waals surface area contributed by atoms with Crippen molar-refractivity contribution in [2.45, 2.75) is 20.0 Å². The number of hydrogen-bond donors (Lipinski definition) is 1. The third kappa shape index (κ3) is 5.03. The summed E-state index contributed by atoms with van der Waals surface area (Å²) in [4.78, 5) is 10.9. The van der Waals surface area contributed by atoms with E-state index in [-0.39, 0.29) is 12.5 Å². The molecular formula is C13H14F3NO2. The minimum atomic E-state index is -4.91. The largest absolute Gasteiger partial charge is 0.479 e. The normalized spacial score (nSPS) is 12.2. The van der Waals surface area contributed by atoms with Crippen molar-refractivity contribution in [3.63, 3.8) is 0 Å². The van der Waals surface area contributed by atoms with Crippen molar-refractivity contribution < 1.29 is 22.7 Å². The van der Waals surface area contributed by atoms with E-state index < -0.39 is 12.0 Å². The van der Waals surface area contributed by atoms with Gasteiger partial charge in [0.15, 0.2) is 5.88 Å². The fraction of sp³-hybridized carbons (Fsp3) is 0.308. The van der Waals surface area contributed by atoms with Crippen LogP contribution in [0.4, 0.5) is 18.9 Å². The number of nitrogens with one attached hydrogen (secondary N) is 1. The van der Waals surface area contributed by atoms with Gasteiger partial charge in [-0.1, -0.05) is 17.7 Å². The molecule has 0 fully saturated rings. The Hall–Kier alpha value is -1.98. The molecule has 1 aromatic carbocycles. The Labute approximate surface area is 109 Å². The highest BCUT2D eigenvalue weighted by atomic mass is 19.4. The van der Waals surface area contributed by atoms with Crippen LogP contribution in [0.1, 0.15) is 12.5 Å². The second-order valence-corrected chi connectivity index (χ2v) is 3.79. The SMILES string of the molecule is CCO/C(=C/C(=O)C(F)(F)F)Nc1ccc(C)cc1. The molecule has 0 atom stereocenters. The van der Waals surface area contributed by atoms with E-state index in [2.05, 4.69) is 5.32 Å². The van der Waals surface area contributed by atoms with Gasteiger partial charge in [0.2, 0.25) is 0 Å². The van der Waals surface area contributed by atoms with Crippen molar-refractivity contribution in [2.24, 2.45) is 0 Å². The number of allylic oxidation sites excluding steroid dienone is 1. The fourth-order valence-corrected chi connectivity index (χ4v) is 1.25. The van der Waals surface area contributed by atoms with Gasteiger partial charge < -0.3 is 10.1 Å². The number of ether oxygens (including phenoxy) is 1. The molecule has 0 saturated heterocycles. The zero-order valence-electron chi connectivity index (χ0n) is 10.5. The van der Waals surface area contributed by atoms with Gasteiger partial charge in [-0.15, -0.1) is 0 Å². The molecule has 0 radical (unpaired) electrons. The first-order valence-corrected chi connectivity index (χ1v) is 5.62. The number of aryl methyl sites for hydroxylation is 1. The van der Waals surface area contributed by atoms with Crippen LogP contribution in [0.3, 0.4) is 0 Å². The molecule has 0 aliphatic carbocycles. The molecule has 1 aromatic rings. The second-order valence-electron chi connectivity index (χ2n) is 3.79. The Morgan fingerprint density at radius 2 is 1.89 bits per heavy atom. The van der Waals surface area contributed by atoms with Gasteiger partial charge in [0, 0.05) is 5.69 Å². The van der Waals surface area contributed by atoms with Gasteiger partial charge in [0.25, 0.3) is 5.78 Å². The van der Waals surface area contributed by atoms with Crippen LogP contribution in [0, 0.1) is 6.92 Å². The number of ketones is 1. The summed E-state index contributed by atoms with van der Waals surface area (Å²) in [6, 6.07) is 6.94. The van der Waals surface area contributed by atoms with Gasteiger partial charge in [-0.2, -0.15) is 13.2 Å². The molecule has 19 heavy (non-hydrogen) atoms. The quantitative estimate of drug-likeness (QED) is 0.660. The molecule has 104 valence electrons. The molecule has 0 aromatic heterocycles. The van der Waals surface area contributed by atoms with E-state index in [4.69, 9.17) is 4.74 Å². The first-order valence-electron chi connectivity index (χ1n) is 5.62. The van der Waals surface area contributed by atoms with Gasteiger partial charge in [0.1, 0.15) is 0 Å². The molecular weight excluding hydrogens is 259 g/mol. The third-order valence-corrected chi connectivity index (χ3v) is 2.16. The van der Waals surface area contributed by atoms with Crippen molar-refractivity contribution in [2.75, 3.05) is 11.9 Å². The van der Waals surface area contributed by atoms with Crippen molar-refractivity contribution in [1.82, 2.24) is 0 Å². The van der Waals surface area contributed by atoms with Crippen LogP contribution in [0.2, 0.25) is 0 Å². The average Bonchev–Trinajstić information content (AvgIpc) is 2.31. The molecule has 0 aliphatic heterocycles. The molecule has 1 N–H and O–H groups in total. The number of carbonyl (C=O) groups excluding carboxylic acids is 1. The first-order chi connectivity index (χ1) is 8.82. The number of carbonyl (C=O) groups is 1. The van der Waals surface area contributed by atoms with E-state index >= 15 is 0 Å². The Kier molecular flexibility index (Phi) is 4.97. The van der Waals surface area contributed by atoms with Gasteiger partial charge in [0.05, 0.1) is 12.7 Å². The smallest absolute Gasteiger partial charge is 0.454 e. The predicted molar refractivity (Wildman–Crippen MR) is 65.6 cm³/mol. The predicted octanol–water partition coefficient (Wildman–Crippen LogP) is 3.42. The molecule has 0 bridgehead atoms. The number of benzene rings is 1. The van der Waals surface area contributed by atoms with Crippen LogP contribution in [-0.4, -0.2) is 18.6 Å². The molecule has 1 rings (SSSR count). The van der Waals surface area contributed by atoms with E-state index in [1.165, 1.54) is 0 Å². The highest BCUT2D eigenvalue weighted by molar-refractivity contribution is 5.95. The molecule has 0 spiro atoms. The van der Waals surface area contributed by atoms with Crippen LogP contribution in [0.5, 0.6) is 0 Å². The van der Waals surface area contributed by atoms with E-state index in [1.807, 2.05) is 6.92 Å². The topological polar surface area (TPSA) is 38.3 Å². The Bertz CT molecular complexity index is 464. The van der Waals surface area contributed by atoms with Crippen LogP contribution in [0.25, 0.3) is 0 Å². The molecule has 0 unspecified atom stereocenters. The summed E-state index contributed by atoms with van der Waals surface area (Å²) in [5.74, 6) is -2.19. The molecule has 0 aliphatic rings.